The van der Waals surface area contributed by atoms with Crippen molar-refractivity contribution in [2.75, 3.05) is 19.0 Å². The van der Waals surface area contributed by atoms with Gasteiger partial charge in [-0.3, -0.25) is 0 Å². The Morgan fingerprint density at radius 2 is 2.15 bits per heavy atom. The Balaban J connectivity index is 1.83. The van der Waals surface area contributed by atoms with Crippen molar-refractivity contribution in [3.05, 3.63) is 46.9 Å². The first-order chi connectivity index (χ1) is 12.6. The van der Waals surface area contributed by atoms with Gasteiger partial charge in [0, 0.05) is 12.7 Å². The molecular formula is C18H19ClN4O3. The molecular weight excluding hydrogens is 356 g/mol. The maximum absolute atomic E-state index is 6.32. The monoisotopic (exact) mass is 374 g/mol. The van der Waals surface area contributed by atoms with Gasteiger partial charge in [-0.1, -0.05) is 16.8 Å². The number of anilines is 1. The summed E-state index contributed by atoms with van der Waals surface area (Å²) in [5, 5.41) is 7.59. The number of nitrogens with zero attached hydrogens (tertiary/aromatic N) is 3. The van der Waals surface area contributed by atoms with E-state index in [-0.39, 0.29) is 0 Å². The SMILES string of the molecule is CCOc1c(Cl)cc(CNc2ncccc2-c2nc(C)no2)cc1OC. The predicted octanol–water partition coefficient (Wildman–Crippen LogP) is 4.11. The number of ether oxygens (including phenoxy) is 2. The smallest absolute Gasteiger partial charge is 0.261 e. The molecule has 0 amide bonds. The van der Waals surface area contributed by atoms with E-state index in [0.29, 0.717) is 47.2 Å². The minimum Gasteiger partial charge on any atom is -0.493 e. The number of rotatable bonds is 7. The van der Waals surface area contributed by atoms with Gasteiger partial charge in [-0.25, -0.2) is 4.98 Å². The van der Waals surface area contributed by atoms with E-state index >= 15 is 0 Å². The second kappa shape index (κ2) is 8.05. The molecule has 0 atom stereocenters. The maximum Gasteiger partial charge on any atom is 0.261 e. The Bertz CT molecular complexity index is 898. The van der Waals surface area contributed by atoms with E-state index in [1.54, 1.807) is 20.2 Å². The highest BCUT2D eigenvalue weighted by Gasteiger charge is 2.14. The van der Waals surface area contributed by atoms with Gasteiger partial charge in [0.15, 0.2) is 17.3 Å². The van der Waals surface area contributed by atoms with Crippen molar-refractivity contribution < 1.29 is 14.0 Å². The highest BCUT2D eigenvalue weighted by Crippen LogP contribution is 2.36. The van der Waals surface area contributed by atoms with Gasteiger partial charge in [-0.15, -0.1) is 0 Å². The largest absolute Gasteiger partial charge is 0.493 e. The van der Waals surface area contributed by atoms with Crippen LogP contribution < -0.4 is 14.8 Å². The highest BCUT2D eigenvalue weighted by molar-refractivity contribution is 6.32. The molecule has 0 saturated heterocycles. The summed E-state index contributed by atoms with van der Waals surface area (Å²) in [6.45, 7) is 4.66. The number of aryl methyl sites for hydroxylation is 1. The number of methoxy groups -OCH3 is 1. The van der Waals surface area contributed by atoms with Crippen LogP contribution in [0.4, 0.5) is 5.82 Å². The maximum atomic E-state index is 6.32. The van der Waals surface area contributed by atoms with Crippen LogP contribution in [0, 0.1) is 6.92 Å². The van der Waals surface area contributed by atoms with Crippen molar-refractivity contribution in [2.24, 2.45) is 0 Å². The fraction of sp³-hybridized carbons (Fsp3) is 0.278. The van der Waals surface area contributed by atoms with Crippen LogP contribution in [0.15, 0.2) is 35.0 Å². The molecule has 2 heterocycles. The Morgan fingerprint density at radius 1 is 1.31 bits per heavy atom. The first-order valence-electron chi connectivity index (χ1n) is 8.11. The number of hydrogen-bond donors (Lipinski definition) is 1. The molecule has 0 aliphatic rings. The number of aromatic nitrogens is 3. The predicted molar refractivity (Wildman–Crippen MR) is 98.8 cm³/mol. The van der Waals surface area contributed by atoms with Gasteiger partial charge in [0.05, 0.1) is 24.3 Å². The molecule has 3 rings (SSSR count). The molecule has 136 valence electrons. The van der Waals surface area contributed by atoms with Crippen LogP contribution in [0.25, 0.3) is 11.5 Å². The zero-order valence-corrected chi connectivity index (χ0v) is 15.5. The number of hydrogen-bond acceptors (Lipinski definition) is 7. The molecule has 2 aromatic heterocycles. The van der Waals surface area contributed by atoms with Gasteiger partial charge in [0.25, 0.3) is 5.89 Å². The van der Waals surface area contributed by atoms with Crippen LogP contribution in [0.1, 0.15) is 18.3 Å². The van der Waals surface area contributed by atoms with E-state index in [4.69, 9.17) is 25.6 Å². The Morgan fingerprint density at radius 3 is 2.85 bits per heavy atom. The molecule has 0 aliphatic carbocycles. The van der Waals surface area contributed by atoms with Crippen molar-refractivity contribution in [3.8, 4) is 23.0 Å². The van der Waals surface area contributed by atoms with Crippen molar-refractivity contribution in [1.29, 1.82) is 0 Å². The van der Waals surface area contributed by atoms with E-state index in [1.165, 1.54) is 0 Å². The lowest BCUT2D eigenvalue weighted by Gasteiger charge is -2.14. The normalized spacial score (nSPS) is 10.6. The lowest BCUT2D eigenvalue weighted by Crippen LogP contribution is -2.04. The minimum absolute atomic E-state index is 0.417. The molecule has 0 spiro atoms. The number of halogens is 1. The van der Waals surface area contributed by atoms with Gasteiger partial charge >= 0.3 is 0 Å². The van der Waals surface area contributed by atoms with Crippen LogP contribution in [-0.2, 0) is 6.54 Å². The molecule has 0 radical (unpaired) electrons. The van der Waals surface area contributed by atoms with Gasteiger partial charge < -0.3 is 19.3 Å². The molecule has 0 bridgehead atoms. The summed E-state index contributed by atoms with van der Waals surface area (Å²) in [5.74, 6) is 2.75. The molecule has 0 unspecified atom stereocenters. The summed E-state index contributed by atoms with van der Waals surface area (Å²) < 4.78 is 16.2. The lowest BCUT2D eigenvalue weighted by atomic mass is 10.2. The van der Waals surface area contributed by atoms with Crippen molar-refractivity contribution in [1.82, 2.24) is 15.1 Å². The van der Waals surface area contributed by atoms with Gasteiger partial charge in [0.2, 0.25) is 0 Å². The van der Waals surface area contributed by atoms with Crippen molar-refractivity contribution in [3.63, 3.8) is 0 Å². The van der Waals surface area contributed by atoms with Gasteiger partial charge in [-0.2, -0.15) is 4.98 Å². The number of benzene rings is 1. The number of pyridine rings is 1. The summed E-state index contributed by atoms with van der Waals surface area (Å²) in [5.41, 5.74) is 1.66. The van der Waals surface area contributed by atoms with Crippen LogP contribution >= 0.6 is 11.6 Å². The molecule has 7 nitrogen and oxygen atoms in total. The quantitative estimate of drug-likeness (QED) is 0.666. The fourth-order valence-corrected chi connectivity index (χ4v) is 2.76. The first kappa shape index (κ1) is 18.0. The van der Waals surface area contributed by atoms with E-state index in [0.717, 1.165) is 11.1 Å². The highest BCUT2D eigenvalue weighted by atomic mass is 35.5. The molecule has 8 heteroatoms. The zero-order valence-electron chi connectivity index (χ0n) is 14.7. The average molecular weight is 375 g/mol. The third kappa shape index (κ3) is 3.88. The topological polar surface area (TPSA) is 82.3 Å². The Labute approximate surface area is 156 Å². The lowest BCUT2D eigenvalue weighted by molar-refractivity contribution is 0.311. The number of nitrogens with one attached hydrogen (secondary N) is 1. The van der Waals surface area contributed by atoms with Crippen LogP contribution in [0.3, 0.4) is 0 Å². The molecule has 0 fully saturated rings. The van der Waals surface area contributed by atoms with Crippen LogP contribution in [0.5, 0.6) is 11.5 Å². The Kier molecular flexibility index (Phi) is 5.58. The summed E-state index contributed by atoms with van der Waals surface area (Å²) in [6, 6.07) is 7.40. The minimum atomic E-state index is 0.417. The second-order valence-corrected chi connectivity index (χ2v) is 5.85. The van der Waals surface area contributed by atoms with Crippen LogP contribution in [-0.4, -0.2) is 28.8 Å². The molecule has 3 aromatic rings. The molecule has 26 heavy (non-hydrogen) atoms. The third-order valence-corrected chi connectivity index (χ3v) is 3.88. The van der Waals surface area contributed by atoms with E-state index in [9.17, 15) is 0 Å². The fourth-order valence-electron chi connectivity index (χ4n) is 2.47. The van der Waals surface area contributed by atoms with Crippen molar-refractivity contribution in [2.45, 2.75) is 20.4 Å². The van der Waals surface area contributed by atoms with Crippen LogP contribution in [0.2, 0.25) is 5.02 Å². The van der Waals surface area contributed by atoms with E-state index in [2.05, 4.69) is 20.4 Å². The molecule has 0 aliphatic heterocycles. The third-order valence-electron chi connectivity index (χ3n) is 3.60. The van der Waals surface area contributed by atoms with Gasteiger partial charge in [0.1, 0.15) is 5.82 Å². The molecule has 1 N–H and O–H groups in total. The standard InChI is InChI=1S/C18H19ClN4O3/c1-4-25-16-14(19)8-12(9-15(16)24-3)10-21-17-13(6-5-7-20-17)18-22-11(2)23-26-18/h5-9H,4,10H2,1-3H3,(H,20,21). The summed E-state index contributed by atoms with van der Waals surface area (Å²) in [6.07, 6.45) is 1.70. The first-order valence-corrected chi connectivity index (χ1v) is 8.49. The Hall–Kier alpha value is -2.80. The molecule has 1 aromatic carbocycles. The second-order valence-electron chi connectivity index (χ2n) is 5.44. The zero-order chi connectivity index (χ0) is 18.5. The van der Waals surface area contributed by atoms with Crippen molar-refractivity contribution >= 4 is 17.4 Å². The average Bonchev–Trinajstić information content (AvgIpc) is 3.08. The van der Waals surface area contributed by atoms with E-state index in [1.807, 2.05) is 31.2 Å². The summed E-state index contributed by atoms with van der Waals surface area (Å²) in [4.78, 5) is 8.62. The summed E-state index contributed by atoms with van der Waals surface area (Å²) >= 11 is 6.32. The van der Waals surface area contributed by atoms with E-state index < -0.39 is 0 Å². The van der Waals surface area contributed by atoms with Gasteiger partial charge in [-0.05, 0) is 43.7 Å². The molecule has 0 saturated carbocycles. The summed E-state index contributed by atoms with van der Waals surface area (Å²) in [7, 11) is 1.58.